The largest absolute Gasteiger partial charge is 0.416 e. The summed E-state index contributed by atoms with van der Waals surface area (Å²) in [5.74, 6) is -0.816. The summed E-state index contributed by atoms with van der Waals surface area (Å²) in [5, 5.41) is 2.82. The predicted octanol–water partition coefficient (Wildman–Crippen LogP) is 3.73. The Labute approximate surface area is 97.8 Å². The van der Waals surface area contributed by atoms with Gasteiger partial charge < -0.3 is 5.32 Å². The molecule has 0 atom stereocenters. The lowest BCUT2D eigenvalue weighted by Gasteiger charge is -2.14. The molecule has 0 spiro atoms. The molecule has 1 aromatic carbocycles. The first-order valence-corrected chi connectivity index (χ1v) is 5.52. The lowest BCUT2D eigenvalue weighted by atomic mass is 10.1. The van der Waals surface area contributed by atoms with Crippen LogP contribution in [-0.4, -0.2) is 6.54 Å². The first-order chi connectivity index (χ1) is 7.96. The molecule has 0 saturated carbocycles. The lowest BCUT2D eigenvalue weighted by Crippen LogP contribution is -2.19. The maximum Gasteiger partial charge on any atom is 0.416 e. The smallest absolute Gasteiger partial charge is 0.313 e. The maximum absolute atomic E-state index is 13.3. The molecule has 1 nitrogen and oxygen atoms in total. The van der Waals surface area contributed by atoms with E-state index in [4.69, 9.17) is 0 Å². The normalized spacial score (nSPS) is 11.8. The number of halogens is 4. The topological polar surface area (TPSA) is 12.0 Å². The molecule has 0 unspecified atom stereocenters. The molecule has 96 valence electrons. The van der Waals surface area contributed by atoms with Gasteiger partial charge in [0.1, 0.15) is 5.82 Å². The van der Waals surface area contributed by atoms with Crippen molar-refractivity contribution in [3.05, 3.63) is 35.1 Å². The summed E-state index contributed by atoms with van der Waals surface area (Å²) in [6.07, 6.45) is -2.71. The van der Waals surface area contributed by atoms with E-state index in [2.05, 4.69) is 5.32 Å². The van der Waals surface area contributed by atoms with Crippen LogP contribution >= 0.6 is 0 Å². The molecule has 17 heavy (non-hydrogen) atoms. The Bertz CT molecular complexity index is 360. The molecular formula is C12H15F4N. The Balaban J connectivity index is 2.81. The second-order valence-corrected chi connectivity index (χ2v) is 3.79. The Morgan fingerprint density at radius 1 is 1.24 bits per heavy atom. The number of benzene rings is 1. The van der Waals surface area contributed by atoms with Gasteiger partial charge in [-0.15, -0.1) is 0 Å². The summed E-state index contributed by atoms with van der Waals surface area (Å²) < 4.78 is 51.2. The highest BCUT2D eigenvalue weighted by Crippen LogP contribution is 2.32. The van der Waals surface area contributed by atoms with E-state index in [1.165, 1.54) is 0 Å². The average molecular weight is 249 g/mol. The first kappa shape index (κ1) is 14.0. The van der Waals surface area contributed by atoms with E-state index in [9.17, 15) is 17.6 Å². The number of alkyl halides is 3. The van der Waals surface area contributed by atoms with Crippen LogP contribution in [-0.2, 0) is 12.7 Å². The Morgan fingerprint density at radius 3 is 2.53 bits per heavy atom. The molecule has 0 aliphatic rings. The van der Waals surface area contributed by atoms with Crippen LogP contribution in [0.15, 0.2) is 18.2 Å². The quantitative estimate of drug-likeness (QED) is 0.619. The highest BCUT2D eigenvalue weighted by Gasteiger charge is 2.34. The molecular weight excluding hydrogens is 234 g/mol. The molecule has 1 rings (SSSR count). The van der Waals surface area contributed by atoms with Crippen molar-refractivity contribution in [1.82, 2.24) is 5.32 Å². The van der Waals surface area contributed by atoms with Crippen molar-refractivity contribution < 1.29 is 17.6 Å². The molecule has 0 aromatic heterocycles. The van der Waals surface area contributed by atoms with Gasteiger partial charge in [0.2, 0.25) is 0 Å². The van der Waals surface area contributed by atoms with Gasteiger partial charge in [-0.05, 0) is 25.1 Å². The van der Waals surface area contributed by atoms with Crippen molar-refractivity contribution in [3.63, 3.8) is 0 Å². The third kappa shape index (κ3) is 4.00. The maximum atomic E-state index is 13.3. The second-order valence-electron chi connectivity index (χ2n) is 3.79. The molecule has 0 amide bonds. The Hall–Kier alpha value is -1.10. The second kappa shape index (κ2) is 6.00. The van der Waals surface area contributed by atoms with E-state index in [1.807, 2.05) is 6.92 Å². The number of unbranched alkanes of at least 4 members (excludes halogenated alkanes) is 1. The van der Waals surface area contributed by atoms with Gasteiger partial charge in [-0.1, -0.05) is 19.4 Å². The van der Waals surface area contributed by atoms with Crippen molar-refractivity contribution in [2.45, 2.75) is 32.5 Å². The van der Waals surface area contributed by atoms with Crippen molar-refractivity contribution in [2.24, 2.45) is 0 Å². The van der Waals surface area contributed by atoms with E-state index in [-0.39, 0.29) is 12.1 Å². The number of hydrogen-bond donors (Lipinski definition) is 1. The third-order valence-corrected chi connectivity index (χ3v) is 2.43. The van der Waals surface area contributed by atoms with E-state index < -0.39 is 17.6 Å². The van der Waals surface area contributed by atoms with Crippen molar-refractivity contribution >= 4 is 0 Å². The molecule has 0 fully saturated rings. The van der Waals surface area contributed by atoms with Crippen molar-refractivity contribution in [2.75, 3.05) is 6.54 Å². The zero-order valence-electron chi connectivity index (χ0n) is 9.57. The van der Waals surface area contributed by atoms with Crippen molar-refractivity contribution in [1.29, 1.82) is 0 Å². The highest BCUT2D eigenvalue weighted by atomic mass is 19.4. The zero-order valence-corrected chi connectivity index (χ0v) is 9.57. The standard InChI is InChI=1S/C12H15F4N/c1-2-3-7-17-8-9-10(12(14,15)16)5-4-6-11(9)13/h4-6,17H,2-3,7-8H2,1H3. The van der Waals surface area contributed by atoms with Crippen LogP contribution in [0.3, 0.4) is 0 Å². The minimum atomic E-state index is -4.51. The van der Waals surface area contributed by atoms with Crippen LogP contribution in [0.25, 0.3) is 0 Å². The molecule has 0 heterocycles. The monoisotopic (exact) mass is 249 g/mol. The van der Waals surface area contributed by atoms with Gasteiger partial charge in [0.15, 0.2) is 0 Å². The molecule has 0 saturated heterocycles. The lowest BCUT2D eigenvalue weighted by molar-refractivity contribution is -0.138. The van der Waals surface area contributed by atoms with Crippen molar-refractivity contribution in [3.8, 4) is 0 Å². The molecule has 1 aromatic rings. The highest BCUT2D eigenvalue weighted by molar-refractivity contribution is 5.31. The number of nitrogens with one attached hydrogen (secondary N) is 1. The summed E-state index contributed by atoms with van der Waals surface area (Å²) in [6, 6.07) is 3.03. The summed E-state index contributed by atoms with van der Waals surface area (Å²) in [6.45, 7) is 2.47. The van der Waals surface area contributed by atoms with Gasteiger partial charge in [0, 0.05) is 12.1 Å². The predicted molar refractivity (Wildman–Crippen MR) is 58.0 cm³/mol. The van der Waals surface area contributed by atoms with Gasteiger partial charge in [-0.2, -0.15) is 13.2 Å². The van der Waals surface area contributed by atoms with E-state index >= 15 is 0 Å². The summed E-state index contributed by atoms with van der Waals surface area (Å²) >= 11 is 0. The van der Waals surface area contributed by atoms with E-state index in [0.29, 0.717) is 6.54 Å². The average Bonchev–Trinajstić information content (AvgIpc) is 2.24. The van der Waals surface area contributed by atoms with Gasteiger partial charge in [-0.3, -0.25) is 0 Å². The van der Waals surface area contributed by atoms with Crippen LogP contribution in [0.2, 0.25) is 0 Å². The Kier molecular flexibility index (Phi) is 4.93. The van der Waals surface area contributed by atoms with E-state index in [1.54, 1.807) is 0 Å². The van der Waals surface area contributed by atoms with E-state index in [0.717, 1.165) is 31.0 Å². The minimum absolute atomic E-state index is 0.0957. The molecule has 0 aliphatic heterocycles. The fourth-order valence-electron chi connectivity index (χ4n) is 1.52. The number of hydrogen-bond acceptors (Lipinski definition) is 1. The molecule has 0 bridgehead atoms. The summed E-state index contributed by atoms with van der Waals surface area (Å²) in [4.78, 5) is 0. The van der Waals surface area contributed by atoms with Gasteiger partial charge >= 0.3 is 6.18 Å². The molecule has 0 radical (unpaired) electrons. The fourth-order valence-corrected chi connectivity index (χ4v) is 1.52. The van der Waals surface area contributed by atoms with Gasteiger partial charge in [0.25, 0.3) is 0 Å². The minimum Gasteiger partial charge on any atom is -0.313 e. The zero-order chi connectivity index (χ0) is 12.9. The SMILES string of the molecule is CCCCNCc1c(F)cccc1C(F)(F)F. The third-order valence-electron chi connectivity index (χ3n) is 2.43. The van der Waals surface area contributed by atoms with Gasteiger partial charge in [-0.25, -0.2) is 4.39 Å². The molecule has 1 N–H and O–H groups in total. The Morgan fingerprint density at radius 2 is 1.94 bits per heavy atom. The number of rotatable bonds is 5. The van der Waals surface area contributed by atoms with Crippen LogP contribution in [0.1, 0.15) is 30.9 Å². The fraction of sp³-hybridized carbons (Fsp3) is 0.500. The van der Waals surface area contributed by atoms with Crippen LogP contribution in [0.5, 0.6) is 0 Å². The van der Waals surface area contributed by atoms with Crippen LogP contribution in [0, 0.1) is 5.82 Å². The molecule has 5 heteroatoms. The van der Waals surface area contributed by atoms with Gasteiger partial charge in [0.05, 0.1) is 5.56 Å². The summed E-state index contributed by atoms with van der Waals surface area (Å²) in [5.41, 5.74) is -1.21. The first-order valence-electron chi connectivity index (χ1n) is 5.52. The summed E-state index contributed by atoms with van der Waals surface area (Å²) in [7, 11) is 0. The van der Waals surface area contributed by atoms with Crippen LogP contribution < -0.4 is 5.32 Å². The van der Waals surface area contributed by atoms with Crippen LogP contribution in [0.4, 0.5) is 17.6 Å². The molecule has 0 aliphatic carbocycles.